The Morgan fingerprint density at radius 2 is 1.96 bits per heavy atom. The quantitative estimate of drug-likeness (QED) is 0.936. The van der Waals surface area contributed by atoms with E-state index in [1.54, 1.807) is 12.1 Å². The van der Waals surface area contributed by atoms with Gasteiger partial charge in [-0.15, -0.1) is 0 Å². The number of para-hydroxylation sites is 1. The van der Waals surface area contributed by atoms with Crippen molar-refractivity contribution in [3.05, 3.63) is 59.7 Å². The molecule has 24 heavy (non-hydrogen) atoms. The molecular formula is C19H20N2O3. The Hall–Kier alpha value is -2.82. The van der Waals surface area contributed by atoms with Crippen molar-refractivity contribution in [1.29, 1.82) is 0 Å². The van der Waals surface area contributed by atoms with Crippen LogP contribution in [0.3, 0.4) is 0 Å². The second-order valence-corrected chi connectivity index (χ2v) is 5.65. The summed E-state index contributed by atoms with van der Waals surface area (Å²) < 4.78 is 5.45. The van der Waals surface area contributed by atoms with Gasteiger partial charge in [-0.3, -0.25) is 4.79 Å². The van der Waals surface area contributed by atoms with Crippen molar-refractivity contribution in [1.82, 2.24) is 5.01 Å². The van der Waals surface area contributed by atoms with Crippen LogP contribution in [-0.4, -0.2) is 28.3 Å². The van der Waals surface area contributed by atoms with Gasteiger partial charge in [0.05, 0.1) is 18.4 Å². The lowest BCUT2D eigenvalue weighted by Gasteiger charge is -2.21. The fourth-order valence-electron chi connectivity index (χ4n) is 2.90. The fraction of sp³-hybridized carbons (Fsp3) is 0.263. The third-order valence-corrected chi connectivity index (χ3v) is 4.03. The van der Waals surface area contributed by atoms with Crippen LogP contribution in [0, 0.1) is 0 Å². The van der Waals surface area contributed by atoms with E-state index in [4.69, 9.17) is 4.74 Å². The molecule has 3 rings (SSSR count). The van der Waals surface area contributed by atoms with Crippen LogP contribution >= 0.6 is 0 Å². The number of phenolic OH excluding ortho intramolecular Hbond substituents is 1. The highest BCUT2D eigenvalue weighted by Gasteiger charge is 2.32. The largest absolute Gasteiger partial charge is 0.508 e. The minimum Gasteiger partial charge on any atom is -0.508 e. The van der Waals surface area contributed by atoms with E-state index in [1.165, 1.54) is 11.9 Å². The average molecular weight is 324 g/mol. The number of hydrogen-bond donors (Lipinski definition) is 1. The van der Waals surface area contributed by atoms with Crippen molar-refractivity contribution in [3.63, 3.8) is 0 Å². The van der Waals surface area contributed by atoms with Gasteiger partial charge in [0, 0.05) is 18.9 Å². The first kappa shape index (κ1) is 16.1. The van der Waals surface area contributed by atoms with E-state index in [0.717, 1.165) is 17.0 Å². The summed E-state index contributed by atoms with van der Waals surface area (Å²) in [5.41, 5.74) is 2.47. The highest BCUT2D eigenvalue weighted by atomic mass is 16.5. The summed E-state index contributed by atoms with van der Waals surface area (Å²) in [6.07, 6.45) is 0.561. The molecule has 0 unspecified atom stereocenters. The Balaban J connectivity index is 1.89. The van der Waals surface area contributed by atoms with Gasteiger partial charge in [-0.25, -0.2) is 5.01 Å². The van der Waals surface area contributed by atoms with Crippen LogP contribution in [0.15, 0.2) is 53.6 Å². The molecule has 0 radical (unpaired) electrons. The maximum atomic E-state index is 12.0. The summed E-state index contributed by atoms with van der Waals surface area (Å²) in [4.78, 5) is 12.0. The first-order valence-electron chi connectivity index (χ1n) is 7.98. The number of carbonyl (C=O) groups excluding carboxylic acids is 1. The number of benzene rings is 2. The van der Waals surface area contributed by atoms with Crippen LogP contribution in [0.1, 0.15) is 37.4 Å². The van der Waals surface area contributed by atoms with Crippen molar-refractivity contribution in [2.24, 2.45) is 5.10 Å². The number of nitrogens with zero attached hydrogens (tertiary/aromatic N) is 2. The highest BCUT2D eigenvalue weighted by Crippen LogP contribution is 2.36. The number of ether oxygens (including phenoxy) is 1. The fourth-order valence-corrected chi connectivity index (χ4v) is 2.90. The molecule has 1 N–H and O–H groups in total. The molecule has 1 amide bonds. The molecule has 2 aromatic carbocycles. The summed E-state index contributed by atoms with van der Waals surface area (Å²) >= 11 is 0. The molecule has 0 saturated carbocycles. The molecule has 5 nitrogen and oxygen atoms in total. The minimum atomic E-state index is -0.287. The van der Waals surface area contributed by atoms with E-state index in [9.17, 15) is 9.90 Å². The molecule has 0 aliphatic carbocycles. The van der Waals surface area contributed by atoms with Gasteiger partial charge >= 0.3 is 0 Å². The van der Waals surface area contributed by atoms with Crippen LogP contribution in [0.25, 0.3) is 0 Å². The Bertz CT molecular complexity index is 768. The maximum Gasteiger partial charge on any atom is 0.240 e. The number of carbonyl (C=O) groups is 1. The number of phenols is 1. The first-order valence-corrected chi connectivity index (χ1v) is 7.98. The third kappa shape index (κ3) is 3.11. The highest BCUT2D eigenvalue weighted by molar-refractivity contribution is 6.03. The van der Waals surface area contributed by atoms with Gasteiger partial charge in [-0.2, -0.15) is 5.10 Å². The second-order valence-electron chi connectivity index (χ2n) is 5.65. The van der Waals surface area contributed by atoms with Gasteiger partial charge in [-0.1, -0.05) is 18.2 Å². The van der Waals surface area contributed by atoms with Gasteiger partial charge in [-0.05, 0) is 42.8 Å². The summed E-state index contributed by atoms with van der Waals surface area (Å²) in [6.45, 7) is 4.04. The molecule has 1 aliphatic heterocycles. The standard InChI is InChI=1S/C19H20N2O3/c1-3-24-15-10-8-14(9-11-15)17-12-18(21(20-17)13(2)22)16-6-4-5-7-19(16)23/h4-11,18,23H,3,12H2,1-2H3/t18-/m0/s1. The van der Waals surface area contributed by atoms with E-state index in [2.05, 4.69) is 5.10 Å². The zero-order valence-corrected chi connectivity index (χ0v) is 13.8. The smallest absolute Gasteiger partial charge is 0.240 e. The third-order valence-electron chi connectivity index (χ3n) is 4.03. The molecular weight excluding hydrogens is 304 g/mol. The number of hydrogen-bond acceptors (Lipinski definition) is 4. The van der Waals surface area contributed by atoms with Gasteiger partial charge in [0.15, 0.2) is 0 Å². The Morgan fingerprint density at radius 3 is 2.58 bits per heavy atom. The lowest BCUT2D eigenvalue weighted by atomic mass is 9.97. The zero-order valence-electron chi connectivity index (χ0n) is 13.8. The van der Waals surface area contributed by atoms with E-state index in [1.807, 2.05) is 43.3 Å². The van der Waals surface area contributed by atoms with Crippen LogP contribution in [0.4, 0.5) is 0 Å². The van der Waals surface area contributed by atoms with Gasteiger partial charge in [0.2, 0.25) is 5.91 Å². The predicted molar refractivity (Wildman–Crippen MR) is 92.1 cm³/mol. The molecule has 2 aromatic rings. The summed E-state index contributed by atoms with van der Waals surface area (Å²) in [5.74, 6) is 0.835. The molecule has 0 saturated heterocycles. The van der Waals surface area contributed by atoms with Crippen LogP contribution < -0.4 is 4.74 Å². The average Bonchev–Trinajstić information content (AvgIpc) is 3.02. The Morgan fingerprint density at radius 1 is 1.25 bits per heavy atom. The van der Waals surface area contributed by atoms with E-state index in [0.29, 0.717) is 18.6 Å². The monoisotopic (exact) mass is 324 g/mol. The molecule has 0 aromatic heterocycles. The van der Waals surface area contributed by atoms with Crippen molar-refractivity contribution in [2.75, 3.05) is 6.61 Å². The van der Waals surface area contributed by atoms with E-state index < -0.39 is 0 Å². The predicted octanol–water partition coefficient (Wildman–Crippen LogP) is 3.49. The normalized spacial score (nSPS) is 16.8. The number of amides is 1. The van der Waals surface area contributed by atoms with Crippen LogP contribution in [-0.2, 0) is 4.79 Å². The minimum absolute atomic E-state index is 0.149. The first-order chi connectivity index (χ1) is 11.6. The van der Waals surface area contributed by atoms with Crippen molar-refractivity contribution in [3.8, 4) is 11.5 Å². The summed E-state index contributed by atoms with van der Waals surface area (Å²) in [6, 6.07) is 14.5. The maximum absolute atomic E-state index is 12.0. The molecule has 1 heterocycles. The number of rotatable bonds is 4. The Kier molecular flexibility index (Phi) is 4.51. The van der Waals surface area contributed by atoms with Crippen LogP contribution in [0.2, 0.25) is 0 Å². The van der Waals surface area contributed by atoms with Crippen molar-refractivity contribution >= 4 is 11.6 Å². The molecule has 1 atom stereocenters. The topological polar surface area (TPSA) is 62.1 Å². The molecule has 1 aliphatic rings. The summed E-state index contributed by atoms with van der Waals surface area (Å²) in [7, 11) is 0. The van der Waals surface area contributed by atoms with E-state index in [-0.39, 0.29) is 17.7 Å². The molecule has 0 spiro atoms. The number of hydrazone groups is 1. The van der Waals surface area contributed by atoms with Crippen molar-refractivity contribution < 1.29 is 14.6 Å². The molecule has 0 fully saturated rings. The molecule has 5 heteroatoms. The number of aromatic hydroxyl groups is 1. The molecule has 124 valence electrons. The Labute approximate surface area is 141 Å². The van der Waals surface area contributed by atoms with Crippen LogP contribution in [0.5, 0.6) is 11.5 Å². The molecule has 0 bridgehead atoms. The van der Waals surface area contributed by atoms with E-state index >= 15 is 0 Å². The lowest BCUT2D eigenvalue weighted by molar-refractivity contribution is -0.130. The zero-order chi connectivity index (χ0) is 17.1. The SMILES string of the molecule is CCOc1ccc(C2=NN(C(C)=O)[C@H](c3ccccc3O)C2)cc1. The lowest BCUT2D eigenvalue weighted by Crippen LogP contribution is -2.24. The summed E-state index contributed by atoms with van der Waals surface area (Å²) in [5, 5.41) is 16.0. The van der Waals surface area contributed by atoms with Gasteiger partial charge in [0.1, 0.15) is 11.5 Å². The van der Waals surface area contributed by atoms with Gasteiger partial charge in [0.25, 0.3) is 0 Å². The van der Waals surface area contributed by atoms with Crippen molar-refractivity contribution in [2.45, 2.75) is 26.3 Å². The second kappa shape index (κ2) is 6.74. The van der Waals surface area contributed by atoms with Gasteiger partial charge < -0.3 is 9.84 Å².